The minimum absolute atomic E-state index is 0.0355. The number of piperidine rings is 1. The van der Waals surface area contributed by atoms with Crippen LogP contribution in [0.25, 0.3) is 21.9 Å². The number of amides is 1. The average Bonchev–Trinajstić information content (AvgIpc) is 2.80. The molecule has 5 heteroatoms. The lowest BCUT2D eigenvalue weighted by Gasteiger charge is -2.29. The van der Waals surface area contributed by atoms with Crippen LogP contribution >= 0.6 is 0 Å². The van der Waals surface area contributed by atoms with Crippen molar-refractivity contribution in [2.45, 2.75) is 32.3 Å². The Bertz CT molecular complexity index is 1060. The second kappa shape index (κ2) is 8.66. The topological polar surface area (TPSA) is 59.0 Å². The number of hydrogen-bond acceptors (Lipinski definition) is 4. The number of benzene rings is 3. The fourth-order valence-corrected chi connectivity index (χ4v) is 4.08. The van der Waals surface area contributed by atoms with Gasteiger partial charge in [0, 0.05) is 24.0 Å². The molecule has 0 aromatic heterocycles. The first-order valence-electron chi connectivity index (χ1n) is 10.4. The Hall–Kier alpha value is -3.21. The van der Waals surface area contributed by atoms with E-state index in [1.165, 1.54) is 6.42 Å². The van der Waals surface area contributed by atoms with E-state index in [4.69, 9.17) is 9.47 Å². The van der Waals surface area contributed by atoms with Crippen LogP contribution in [0.15, 0.2) is 54.6 Å². The number of carbonyl (C=O) groups is 1. The Morgan fingerprint density at radius 2 is 1.70 bits per heavy atom. The van der Waals surface area contributed by atoms with Gasteiger partial charge in [0.1, 0.15) is 17.2 Å². The molecule has 1 aliphatic rings. The molecule has 0 spiro atoms. The summed E-state index contributed by atoms with van der Waals surface area (Å²) in [6, 6.07) is 16.8. The van der Waals surface area contributed by atoms with Crippen molar-refractivity contribution in [3.05, 3.63) is 54.6 Å². The second-order valence-electron chi connectivity index (χ2n) is 7.69. The van der Waals surface area contributed by atoms with Crippen LogP contribution < -0.4 is 9.47 Å². The Balaban J connectivity index is 1.68. The van der Waals surface area contributed by atoms with E-state index in [0.717, 1.165) is 42.3 Å². The van der Waals surface area contributed by atoms with Crippen molar-refractivity contribution in [1.82, 2.24) is 4.90 Å². The third-order valence-electron chi connectivity index (χ3n) is 5.70. The standard InChI is InChI=1S/C25H27NO4/c1-17(25(28)26-14-6-3-7-15-26)30-24-13-11-20(19-8-4-5-9-21(19)24)22-16-18(29-2)10-12-23(22)27/h4-5,8-13,16-17,27H,3,6-7,14-15H2,1-2H3. The van der Waals surface area contributed by atoms with Crippen molar-refractivity contribution in [1.29, 1.82) is 0 Å². The van der Waals surface area contributed by atoms with E-state index in [9.17, 15) is 9.90 Å². The molecular formula is C25H27NO4. The first kappa shape index (κ1) is 20.1. The van der Waals surface area contributed by atoms with Crippen LogP contribution in [0.5, 0.6) is 17.2 Å². The summed E-state index contributed by atoms with van der Waals surface area (Å²) in [6.07, 6.45) is 2.74. The SMILES string of the molecule is COc1ccc(O)c(-c2ccc(OC(C)C(=O)N3CCCCC3)c3ccccc23)c1. The van der Waals surface area contributed by atoms with Crippen LogP contribution in [0.2, 0.25) is 0 Å². The van der Waals surface area contributed by atoms with Crippen molar-refractivity contribution >= 4 is 16.7 Å². The average molecular weight is 405 g/mol. The van der Waals surface area contributed by atoms with Crippen LogP contribution in [0.4, 0.5) is 0 Å². The quantitative estimate of drug-likeness (QED) is 0.649. The fraction of sp³-hybridized carbons (Fsp3) is 0.320. The van der Waals surface area contributed by atoms with Crippen LogP contribution in [0, 0.1) is 0 Å². The number of aromatic hydroxyl groups is 1. The molecule has 0 radical (unpaired) electrons. The zero-order chi connectivity index (χ0) is 21.1. The Labute approximate surface area is 176 Å². The van der Waals surface area contributed by atoms with E-state index in [1.807, 2.05) is 54.3 Å². The molecule has 156 valence electrons. The number of ether oxygens (including phenoxy) is 2. The summed E-state index contributed by atoms with van der Waals surface area (Å²) in [5.41, 5.74) is 1.57. The highest BCUT2D eigenvalue weighted by Gasteiger charge is 2.24. The monoisotopic (exact) mass is 405 g/mol. The predicted octanol–water partition coefficient (Wildman–Crippen LogP) is 5.00. The summed E-state index contributed by atoms with van der Waals surface area (Å²) in [6.45, 7) is 3.43. The van der Waals surface area contributed by atoms with Gasteiger partial charge in [0.25, 0.3) is 5.91 Å². The summed E-state index contributed by atoms with van der Waals surface area (Å²) >= 11 is 0. The molecule has 5 nitrogen and oxygen atoms in total. The Morgan fingerprint density at radius 1 is 0.967 bits per heavy atom. The van der Waals surface area contributed by atoms with Gasteiger partial charge in [-0.25, -0.2) is 0 Å². The van der Waals surface area contributed by atoms with Gasteiger partial charge in [-0.05, 0) is 67.5 Å². The van der Waals surface area contributed by atoms with Gasteiger partial charge < -0.3 is 19.5 Å². The molecule has 30 heavy (non-hydrogen) atoms. The van der Waals surface area contributed by atoms with Gasteiger partial charge in [0.2, 0.25) is 0 Å². The Kier molecular flexibility index (Phi) is 5.79. The molecule has 1 unspecified atom stereocenters. The number of phenolic OH excluding ortho intramolecular Hbond substituents is 1. The highest BCUT2D eigenvalue weighted by atomic mass is 16.5. The van der Waals surface area contributed by atoms with Crippen molar-refractivity contribution in [2.24, 2.45) is 0 Å². The molecule has 1 fully saturated rings. The molecule has 1 saturated heterocycles. The Morgan fingerprint density at radius 3 is 2.43 bits per heavy atom. The first-order chi connectivity index (χ1) is 14.6. The number of phenols is 1. The molecule has 4 rings (SSSR count). The number of likely N-dealkylation sites (tertiary alicyclic amines) is 1. The van der Waals surface area contributed by atoms with E-state index in [-0.39, 0.29) is 11.7 Å². The number of methoxy groups -OCH3 is 1. The maximum atomic E-state index is 12.8. The van der Waals surface area contributed by atoms with E-state index in [0.29, 0.717) is 17.1 Å². The molecule has 1 atom stereocenters. The molecule has 0 bridgehead atoms. The number of fused-ring (bicyclic) bond motifs is 1. The predicted molar refractivity (Wildman–Crippen MR) is 118 cm³/mol. The lowest BCUT2D eigenvalue weighted by atomic mass is 9.96. The summed E-state index contributed by atoms with van der Waals surface area (Å²) in [4.78, 5) is 14.7. The first-order valence-corrected chi connectivity index (χ1v) is 10.4. The van der Waals surface area contributed by atoms with Gasteiger partial charge >= 0.3 is 0 Å². The molecule has 3 aromatic carbocycles. The largest absolute Gasteiger partial charge is 0.507 e. The molecule has 0 aliphatic carbocycles. The van der Waals surface area contributed by atoms with Gasteiger partial charge in [-0.15, -0.1) is 0 Å². The third-order valence-corrected chi connectivity index (χ3v) is 5.70. The van der Waals surface area contributed by atoms with Crippen LogP contribution in [0.3, 0.4) is 0 Å². The van der Waals surface area contributed by atoms with Gasteiger partial charge in [-0.2, -0.15) is 0 Å². The van der Waals surface area contributed by atoms with Gasteiger partial charge in [-0.1, -0.05) is 24.3 Å². The lowest BCUT2D eigenvalue weighted by molar-refractivity contribution is -0.138. The van der Waals surface area contributed by atoms with E-state index in [1.54, 1.807) is 19.2 Å². The van der Waals surface area contributed by atoms with Crippen molar-refractivity contribution in [2.75, 3.05) is 20.2 Å². The van der Waals surface area contributed by atoms with Crippen LogP contribution in [-0.2, 0) is 4.79 Å². The number of carbonyl (C=O) groups excluding carboxylic acids is 1. The smallest absolute Gasteiger partial charge is 0.263 e. The molecule has 0 saturated carbocycles. The highest BCUT2D eigenvalue weighted by Crippen LogP contribution is 2.40. The minimum Gasteiger partial charge on any atom is -0.507 e. The van der Waals surface area contributed by atoms with E-state index in [2.05, 4.69) is 0 Å². The molecule has 3 aromatic rings. The minimum atomic E-state index is -0.553. The van der Waals surface area contributed by atoms with Crippen LogP contribution in [0.1, 0.15) is 26.2 Å². The summed E-state index contributed by atoms with van der Waals surface area (Å²) in [7, 11) is 1.60. The zero-order valence-corrected chi connectivity index (χ0v) is 17.4. The number of hydrogen-bond donors (Lipinski definition) is 1. The van der Waals surface area contributed by atoms with E-state index >= 15 is 0 Å². The zero-order valence-electron chi connectivity index (χ0n) is 17.4. The summed E-state index contributed by atoms with van der Waals surface area (Å²) in [5, 5.41) is 12.3. The highest BCUT2D eigenvalue weighted by molar-refractivity contribution is 6.01. The maximum Gasteiger partial charge on any atom is 0.263 e. The van der Waals surface area contributed by atoms with Crippen molar-refractivity contribution < 1.29 is 19.4 Å². The van der Waals surface area contributed by atoms with Gasteiger partial charge in [0.05, 0.1) is 7.11 Å². The third kappa shape index (κ3) is 3.92. The summed E-state index contributed by atoms with van der Waals surface area (Å²) < 4.78 is 11.5. The molecular weight excluding hydrogens is 378 g/mol. The fourth-order valence-electron chi connectivity index (χ4n) is 4.08. The van der Waals surface area contributed by atoms with E-state index < -0.39 is 6.10 Å². The van der Waals surface area contributed by atoms with Crippen molar-refractivity contribution in [3.63, 3.8) is 0 Å². The summed E-state index contributed by atoms with van der Waals surface area (Å²) in [5.74, 6) is 1.55. The molecule has 1 aliphatic heterocycles. The normalized spacial score (nSPS) is 15.1. The van der Waals surface area contributed by atoms with Crippen molar-refractivity contribution in [3.8, 4) is 28.4 Å². The molecule has 1 heterocycles. The molecule has 1 N–H and O–H groups in total. The lowest BCUT2D eigenvalue weighted by Crippen LogP contribution is -2.43. The second-order valence-corrected chi connectivity index (χ2v) is 7.69. The van der Waals surface area contributed by atoms with Gasteiger partial charge in [-0.3, -0.25) is 4.79 Å². The number of rotatable bonds is 5. The van der Waals surface area contributed by atoms with Crippen LogP contribution in [-0.4, -0.2) is 42.2 Å². The number of nitrogens with zero attached hydrogens (tertiary/aromatic N) is 1. The van der Waals surface area contributed by atoms with Gasteiger partial charge in [0.15, 0.2) is 6.10 Å². The maximum absolute atomic E-state index is 12.8. The molecule has 1 amide bonds.